The standard InChI is InChI=1S/C48H86NO12P/c1-3-5-7-8-9-10-11-12-13-14-15-16-17-18-19-20-24-27-31-37-46(52)58-39-44(40-59-62(56,57)60-41-45(49)48(54)55)61-47(53)38-32-36-43(51)35-30-26-23-21-22-25-29-34-42(50)33-28-6-4-2/h22-23,25-26,29-30,34-35,42-45,50-51H,3-21,24,27-28,31-33,36-41,49H2,1-2H3,(H,54,55)(H,56,57)/b25-22-,26-23-,34-29+,35-30+/t42-,43-,44-,45+/m1/s1. The van der Waals surface area contributed by atoms with Crippen molar-refractivity contribution in [2.75, 3.05) is 19.8 Å². The van der Waals surface area contributed by atoms with Gasteiger partial charge in [0.05, 0.1) is 25.4 Å². The Balaban J connectivity index is 4.50. The predicted octanol–water partition coefficient (Wildman–Crippen LogP) is 10.9. The first-order chi connectivity index (χ1) is 29.9. The molecule has 0 fully saturated rings. The van der Waals surface area contributed by atoms with Gasteiger partial charge in [0.25, 0.3) is 0 Å². The van der Waals surface area contributed by atoms with Crippen molar-refractivity contribution in [3.63, 3.8) is 0 Å². The zero-order valence-corrected chi connectivity index (χ0v) is 39.3. The van der Waals surface area contributed by atoms with E-state index in [-0.39, 0.29) is 25.7 Å². The highest BCUT2D eigenvalue weighted by molar-refractivity contribution is 7.47. The van der Waals surface area contributed by atoms with Crippen molar-refractivity contribution >= 4 is 25.7 Å². The number of hydrogen-bond acceptors (Lipinski definition) is 11. The Morgan fingerprint density at radius 1 is 0.565 bits per heavy atom. The largest absolute Gasteiger partial charge is 0.480 e. The molecule has 0 radical (unpaired) electrons. The van der Waals surface area contributed by atoms with E-state index in [1.54, 1.807) is 24.3 Å². The Hall–Kier alpha value is -2.64. The maximum absolute atomic E-state index is 12.7. The van der Waals surface area contributed by atoms with Crippen molar-refractivity contribution in [2.45, 2.75) is 218 Å². The summed E-state index contributed by atoms with van der Waals surface area (Å²) in [4.78, 5) is 46.1. The van der Waals surface area contributed by atoms with Crippen LogP contribution >= 0.6 is 7.82 Å². The van der Waals surface area contributed by atoms with Crippen molar-refractivity contribution in [1.29, 1.82) is 0 Å². The molecule has 0 saturated heterocycles. The zero-order valence-electron chi connectivity index (χ0n) is 38.4. The average molecular weight is 900 g/mol. The molecule has 14 heteroatoms. The van der Waals surface area contributed by atoms with E-state index in [0.717, 1.165) is 44.9 Å². The Morgan fingerprint density at radius 3 is 1.47 bits per heavy atom. The van der Waals surface area contributed by atoms with E-state index in [9.17, 15) is 34.1 Å². The first-order valence-electron chi connectivity index (χ1n) is 23.9. The molecule has 0 saturated carbocycles. The first kappa shape index (κ1) is 59.4. The number of ether oxygens (including phenoxy) is 2. The van der Waals surface area contributed by atoms with Crippen LogP contribution in [0.25, 0.3) is 0 Å². The third-order valence-corrected chi connectivity index (χ3v) is 11.2. The number of allylic oxidation sites excluding steroid dienone is 6. The molecule has 5 atom stereocenters. The highest BCUT2D eigenvalue weighted by Crippen LogP contribution is 2.43. The summed E-state index contributed by atoms with van der Waals surface area (Å²) in [6, 6.07) is -1.56. The van der Waals surface area contributed by atoms with E-state index in [0.29, 0.717) is 12.8 Å². The highest BCUT2D eigenvalue weighted by atomic mass is 31.2. The molecule has 6 N–H and O–H groups in total. The lowest BCUT2D eigenvalue weighted by molar-refractivity contribution is -0.161. The molecule has 0 spiro atoms. The van der Waals surface area contributed by atoms with Gasteiger partial charge in [0.1, 0.15) is 12.6 Å². The van der Waals surface area contributed by atoms with Crippen LogP contribution in [0.15, 0.2) is 48.6 Å². The van der Waals surface area contributed by atoms with Crippen molar-refractivity contribution < 1.29 is 57.7 Å². The van der Waals surface area contributed by atoms with Crippen molar-refractivity contribution in [2.24, 2.45) is 5.73 Å². The number of carbonyl (C=O) groups is 3. The molecule has 0 aromatic rings. The lowest BCUT2D eigenvalue weighted by atomic mass is 10.0. The van der Waals surface area contributed by atoms with Crippen LogP contribution in [0.4, 0.5) is 0 Å². The third kappa shape index (κ3) is 41.4. The summed E-state index contributed by atoms with van der Waals surface area (Å²) in [5.41, 5.74) is 5.33. The molecule has 0 aromatic heterocycles. The van der Waals surface area contributed by atoms with Gasteiger partial charge < -0.3 is 35.4 Å². The number of aliphatic carboxylic acids is 1. The topological polar surface area (TPSA) is 212 Å². The summed E-state index contributed by atoms with van der Waals surface area (Å²) >= 11 is 0. The van der Waals surface area contributed by atoms with Gasteiger partial charge in [-0.05, 0) is 32.1 Å². The molecule has 0 aliphatic rings. The first-order valence-corrected chi connectivity index (χ1v) is 25.4. The second kappa shape index (κ2) is 42.3. The van der Waals surface area contributed by atoms with Gasteiger partial charge in [0.2, 0.25) is 0 Å². The number of carboxylic acid groups (broad SMARTS) is 1. The molecular weight excluding hydrogens is 813 g/mol. The monoisotopic (exact) mass is 900 g/mol. The maximum Gasteiger partial charge on any atom is 0.472 e. The van der Waals surface area contributed by atoms with Gasteiger partial charge in [0, 0.05) is 12.8 Å². The molecule has 13 nitrogen and oxygen atoms in total. The van der Waals surface area contributed by atoms with Gasteiger partial charge in [0.15, 0.2) is 6.10 Å². The quantitative estimate of drug-likeness (QED) is 0.0167. The summed E-state index contributed by atoms with van der Waals surface area (Å²) in [6.45, 7) is 2.49. The van der Waals surface area contributed by atoms with Gasteiger partial charge in [-0.2, -0.15) is 0 Å². The minimum Gasteiger partial charge on any atom is -0.480 e. The second-order valence-corrected chi connectivity index (χ2v) is 17.8. The zero-order chi connectivity index (χ0) is 45.9. The highest BCUT2D eigenvalue weighted by Gasteiger charge is 2.28. The third-order valence-electron chi connectivity index (χ3n) is 10.3. The average Bonchev–Trinajstić information content (AvgIpc) is 3.24. The lowest BCUT2D eigenvalue weighted by Crippen LogP contribution is -2.34. The van der Waals surface area contributed by atoms with Crippen LogP contribution in [0.5, 0.6) is 0 Å². The molecule has 0 rings (SSSR count). The Bertz CT molecular complexity index is 1270. The van der Waals surface area contributed by atoms with Crippen molar-refractivity contribution in [3.8, 4) is 0 Å². The van der Waals surface area contributed by atoms with E-state index < -0.39 is 69.9 Å². The summed E-state index contributed by atoms with van der Waals surface area (Å²) < 4.78 is 32.6. The number of hydrogen-bond donors (Lipinski definition) is 5. The number of aliphatic hydroxyl groups is 2. The molecule has 62 heavy (non-hydrogen) atoms. The molecule has 0 amide bonds. The number of unbranched alkanes of at least 4 members (excludes halogenated alkanes) is 20. The summed E-state index contributed by atoms with van der Waals surface area (Å²) in [6.07, 6.45) is 41.0. The number of phosphoric ester groups is 1. The number of aliphatic hydroxyl groups excluding tert-OH is 2. The number of phosphoric acid groups is 1. The predicted molar refractivity (Wildman–Crippen MR) is 247 cm³/mol. The van der Waals surface area contributed by atoms with E-state index in [1.165, 1.54) is 96.3 Å². The Kier molecular flexibility index (Phi) is 40.5. The smallest absolute Gasteiger partial charge is 0.472 e. The van der Waals surface area contributed by atoms with Gasteiger partial charge in [-0.1, -0.05) is 197 Å². The number of esters is 2. The number of rotatable bonds is 44. The fourth-order valence-electron chi connectivity index (χ4n) is 6.46. The van der Waals surface area contributed by atoms with Crippen LogP contribution in [-0.2, 0) is 37.5 Å². The molecule has 0 aliphatic heterocycles. The van der Waals surface area contributed by atoms with Crippen molar-refractivity contribution in [3.05, 3.63) is 48.6 Å². The normalized spacial score (nSPS) is 15.1. The molecular formula is C48H86NO12P. The lowest BCUT2D eigenvalue weighted by Gasteiger charge is -2.20. The van der Waals surface area contributed by atoms with Crippen molar-refractivity contribution in [1.82, 2.24) is 0 Å². The molecule has 0 aliphatic carbocycles. The molecule has 360 valence electrons. The van der Waals surface area contributed by atoms with E-state index in [1.807, 2.05) is 24.3 Å². The number of carboxylic acids is 1. The Morgan fingerprint density at radius 2 is 0.984 bits per heavy atom. The van der Waals surface area contributed by atoms with Crippen LogP contribution in [0.3, 0.4) is 0 Å². The van der Waals surface area contributed by atoms with Crippen LogP contribution < -0.4 is 5.73 Å². The summed E-state index contributed by atoms with van der Waals surface area (Å²) in [5.74, 6) is -2.63. The SMILES string of the molecule is CCCCCCCCCCCCCCCCCCCCCC(=O)OC[C@H](COP(=O)(O)OC[C@H](N)C(=O)O)OC(=O)CCC[C@H](O)/C=C/C=C\C/C=C\C=C\[C@H](O)CCCCC. The molecule has 0 aromatic carbocycles. The number of carbonyl (C=O) groups excluding carboxylic acids is 2. The van der Waals surface area contributed by atoms with Crippen LogP contribution in [0, 0.1) is 0 Å². The minimum absolute atomic E-state index is 0.0864. The van der Waals surface area contributed by atoms with Gasteiger partial charge >= 0.3 is 25.7 Å². The van der Waals surface area contributed by atoms with Gasteiger partial charge in [-0.3, -0.25) is 23.4 Å². The van der Waals surface area contributed by atoms with Gasteiger partial charge in [-0.15, -0.1) is 0 Å². The van der Waals surface area contributed by atoms with Gasteiger partial charge in [-0.25, -0.2) is 4.57 Å². The van der Waals surface area contributed by atoms with Crippen LogP contribution in [-0.4, -0.2) is 82.3 Å². The molecule has 0 bridgehead atoms. The van der Waals surface area contributed by atoms with E-state index in [4.69, 9.17) is 24.8 Å². The summed E-state index contributed by atoms with van der Waals surface area (Å²) in [7, 11) is -4.78. The Labute approximate surface area is 374 Å². The van der Waals surface area contributed by atoms with Crippen LogP contribution in [0.2, 0.25) is 0 Å². The second-order valence-electron chi connectivity index (χ2n) is 16.3. The maximum atomic E-state index is 12.7. The van der Waals surface area contributed by atoms with E-state index >= 15 is 0 Å². The fraction of sp³-hybridized carbons (Fsp3) is 0.771. The fourth-order valence-corrected chi connectivity index (χ4v) is 7.23. The van der Waals surface area contributed by atoms with E-state index in [2.05, 4.69) is 18.4 Å². The molecule has 0 heterocycles. The number of nitrogens with two attached hydrogens (primary N) is 1. The minimum atomic E-state index is -4.78. The molecule has 1 unspecified atom stereocenters. The summed E-state index contributed by atoms with van der Waals surface area (Å²) in [5, 5.41) is 29.1. The van der Waals surface area contributed by atoms with Crippen LogP contribution in [0.1, 0.15) is 194 Å².